The van der Waals surface area contributed by atoms with Crippen LogP contribution in [0, 0.1) is 0 Å². The molecule has 0 bridgehead atoms. The number of rotatable bonds is 5. The van der Waals surface area contributed by atoms with E-state index < -0.39 is 22.2 Å². The van der Waals surface area contributed by atoms with Crippen LogP contribution < -0.4 is 15.4 Å². The van der Waals surface area contributed by atoms with Gasteiger partial charge >= 0.3 is 6.09 Å². The van der Waals surface area contributed by atoms with Crippen LogP contribution in [0.4, 0.5) is 16.3 Å². The standard InChI is InChI=1S/C14H16B5N3O4/c1-7(23)21-10-5-8(22-11(24)26-12(2,3)4)9(6-20-10)25-14(18,19)13(15,16)17/h5-6H,1-4H3,(H2,20,21,22,23,24). The lowest BCUT2D eigenvalue weighted by atomic mass is 9.28. The van der Waals surface area contributed by atoms with Gasteiger partial charge in [-0.25, -0.2) is 9.78 Å². The fourth-order valence-electron chi connectivity index (χ4n) is 1.55. The highest BCUT2D eigenvalue weighted by Crippen LogP contribution is 2.34. The van der Waals surface area contributed by atoms with E-state index >= 15 is 0 Å². The van der Waals surface area contributed by atoms with Crippen molar-refractivity contribution in [3.8, 4) is 5.75 Å². The van der Waals surface area contributed by atoms with Gasteiger partial charge in [-0.05, 0) is 20.8 Å². The molecule has 0 spiro atoms. The molecule has 12 heteroatoms. The van der Waals surface area contributed by atoms with E-state index in [0.717, 1.165) is 6.20 Å². The minimum Gasteiger partial charge on any atom is -0.505 e. The average Bonchev–Trinajstić information content (AvgIpc) is 2.37. The summed E-state index contributed by atoms with van der Waals surface area (Å²) < 4.78 is 10.5. The zero-order valence-corrected chi connectivity index (χ0v) is 15.1. The number of nitrogens with one attached hydrogen (secondary N) is 2. The molecule has 0 saturated heterocycles. The number of hydrogen-bond acceptors (Lipinski definition) is 5. The van der Waals surface area contributed by atoms with Gasteiger partial charge in [0.25, 0.3) is 0 Å². The Hall–Kier alpha value is -1.99. The number of amides is 2. The molecule has 2 N–H and O–H groups in total. The van der Waals surface area contributed by atoms with Crippen molar-refractivity contribution in [2.24, 2.45) is 0 Å². The van der Waals surface area contributed by atoms with Crippen molar-refractivity contribution in [1.82, 2.24) is 4.98 Å². The van der Waals surface area contributed by atoms with Crippen LogP contribution in [-0.2, 0) is 9.53 Å². The molecule has 0 unspecified atom stereocenters. The van der Waals surface area contributed by atoms with Crippen LogP contribution in [0.5, 0.6) is 5.75 Å². The van der Waals surface area contributed by atoms with Gasteiger partial charge in [-0.1, -0.05) is 0 Å². The van der Waals surface area contributed by atoms with Crippen LogP contribution in [0.25, 0.3) is 0 Å². The highest BCUT2D eigenvalue weighted by Gasteiger charge is 2.33. The quantitative estimate of drug-likeness (QED) is 0.752. The average molecular weight is 344 g/mol. The summed E-state index contributed by atoms with van der Waals surface area (Å²) in [5.41, 5.74) is -0.701. The molecule has 0 saturated carbocycles. The van der Waals surface area contributed by atoms with E-state index in [0.29, 0.717) is 0 Å². The summed E-state index contributed by atoms with van der Waals surface area (Å²) in [6, 6.07) is 1.31. The Morgan fingerprint density at radius 3 is 2.12 bits per heavy atom. The maximum atomic E-state index is 12.0. The second kappa shape index (κ2) is 7.72. The number of carbonyl (C=O) groups excluding carboxylic acids is 2. The van der Waals surface area contributed by atoms with Gasteiger partial charge in [0.2, 0.25) is 5.91 Å². The third-order valence-corrected chi connectivity index (χ3v) is 2.76. The molecule has 1 aromatic heterocycles. The molecule has 126 valence electrons. The molecule has 10 radical (unpaired) electrons. The van der Waals surface area contributed by atoms with Crippen LogP contribution in [0.15, 0.2) is 12.3 Å². The first-order valence-corrected chi connectivity index (χ1v) is 7.52. The first-order valence-electron chi connectivity index (χ1n) is 7.52. The largest absolute Gasteiger partial charge is 0.505 e. The Kier molecular flexibility index (Phi) is 6.55. The maximum Gasteiger partial charge on any atom is 0.412 e. The molecule has 2 amide bonds. The van der Waals surface area contributed by atoms with Gasteiger partial charge in [0, 0.05) is 18.4 Å². The predicted octanol–water partition coefficient (Wildman–Crippen LogP) is 0.336. The van der Waals surface area contributed by atoms with Crippen molar-refractivity contribution in [2.45, 2.75) is 43.8 Å². The zero-order chi connectivity index (χ0) is 20.3. The van der Waals surface area contributed by atoms with E-state index in [1.165, 1.54) is 13.0 Å². The summed E-state index contributed by atoms with van der Waals surface area (Å²) in [4.78, 5) is 27.2. The number of carbonyl (C=O) groups is 2. The van der Waals surface area contributed by atoms with Gasteiger partial charge in [-0.3, -0.25) is 10.1 Å². The highest BCUT2D eigenvalue weighted by atomic mass is 16.6. The maximum absolute atomic E-state index is 12.0. The first-order chi connectivity index (χ1) is 11.6. The molecule has 0 atom stereocenters. The fourth-order valence-corrected chi connectivity index (χ4v) is 1.55. The summed E-state index contributed by atoms with van der Waals surface area (Å²) in [7, 11) is 27.8. The van der Waals surface area contributed by atoms with Gasteiger partial charge < -0.3 is 14.8 Å². The van der Waals surface area contributed by atoms with Crippen LogP contribution in [0.2, 0.25) is 5.11 Å². The Morgan fingerprint density at radius 2 is 1.65 bits per heavy atom. The summed E-state index contributed by atoms with van der Waals surface area (Å²) in [5, 5.41) is 0.592. The number of nitrogens with zero attached hydrogens (tertiary/aromatic N) is 1. The minimum atomic E-state index is -2.20. The number of aromatic nitrogens is 1. The molecular weight excluding hydrogens is 328 g/mol. The molecular formula is C14H16B5N3O4. The van der Waals surface area contributed by atoms with E-state index in [2.05, 4.69) is 15.6 Å². The van der Waals surface area contributed by atoms with Crippen molar-refractivity contribution in [1.29, 1.82) is 0 Å². The zero-order valence-electron chi connectivity index (χ0n) is 15.1. The van der Waals surface area contributed by atoms with Crippen LogP contribution >= 0.6 is 0 Å². The summed E-state index contributed by atoms with van der Waals surface area (Å²) in [6.45, 7) is 6.37. The van der Waals surface area contributed by atoms with Crippen molar-refractivity contribution in [2.75, 3.05) is 10.6 Å². The number of hydrogen-bond donors (Lipinski definition) is 2. The molecule has 1 aromatic rings. The van der Waals surface area contributed by atoms with Crippen molar-refractivity contribution >= 4 is 62.7 Å². The minimum absolute atomic E-state index is 0.0440. The van der Waals surface area contributed by atoms with Crippen molar-refractivity contribution in [3.05, 3.63) is 12.3 Å². The molecule has 1 rings (SSSR count). The van der Waals surface area contributed by atoms with Gasteiger partial charge in [-0.2, -0.15) is 0 Å². The van der Waals surface area contributed by atoms with E-state index in [4.69, 9.17) is 48.7 Å². The van der Waals surface area contributed by atoms with Crippen LogP contribution in [-0.4, -0.2) is 67.2 Å². The Morgan fingerprint density at radius 1 is 1.08 bits per heavy atom. The van der Waals surface area contributed by atoms with Crippen LogP contribution in [0.3, 0.4) is 0 Å². The van der Waals surface area contributed by atoms with Gasteiger partial charge in [-0.15, -0.1) is 5.11 Å². The number of pyridine rings is 1. The first kappa shape index (κ1) is 22.1. The summed E-state index contributed by atoms with van der Waals surface area (Å²) in [6.07, 6.45) is 0.361. The van der Waals surface area contributed by atoms with E-state index in [1.807, 2.05) is 0 Å². The molecule has 0 aliphatic carbocycles. The molecule has 26 heavy (non-hydrogen) atoms. The molecule has 0 aliphatic rings. The Balaban J connectivity index is 3.20. The SMILES string of the molecule is [B]C([B])([B])C([B])([B])Oc1cnc(NC(C)=O)cc1NC(=O)OC(C)(C)C. The van der Waals surface area contributed by atoms with Gasteiger partial charge in [0.05, 0.1) is 35.4 Å². The van der Waals surface area contributed by atoms with Crippen LogP contribution in [0.1, 0.15) is 27.7 Å². The molecule has 7 nitrogen and oxygen atoms in total. The predicted molar refractivity (Wildman–Crippen MR) is 103 cm³/mol. The topological polar surface area (TPSA) is 89.5 Å². The summed E-state index contributed by atoms with van der Waals surface area (Å²) in [5.74, 6) is -0.331. The monoisotopic (exact) mass is 345 g/mol. The molecule has 0 fully saturated rings. The van der Waals surface area contributed by atoms with E-state index in [-0.39, 0.29) is 23.2 Å². The lowest BCUT2D eigenvalue weighted by Crippen LogP contribution is -2.51. The fraction of sp³-hybridized carbons (Fsp3) is 0.500. The Bertz CT molecular complexity index is 686. The second-order valence-electron chi connectivity index (χ2n) is 6.70. The molecule has 1 heterocycles. The third kappa shape index (κ3) is 6.73. The lowest BCUT2D eigenvalue weighted by Gasteiger charge is -2.42. The number of ether oxygens (including phenoxy) is 2. The normalized spacial score (nSPS) is 12.2. The summed E-state index contributed by atoms with van der Waals surface area (Å²) >= 11 is 0. The van der Waals surface area contributed by atoms with Gasteiger partial charge in [0.1, 0.15) is 27.1 Å². The van der Waals surface area contributed by atoms with Crippen molar-refractivity contribution < 1.29 is 19.1 Å². The van der Waals surface area contributed by atoms with E-state index in [1.54, 1.807) is 20.8 Å². The number of anilines is 2. The van der Waals surface area contributed by atoms with Gasteiger partial charge in [0.15, 0.2) is 5.75 Å². The molecule has 0 aliphatic heterocycles. The highest BCUT2D eigenvalue weighted by molar-refractivity contribution is 6.66. The molecule has 0 aromatic carbocycles. The van der Waals surface area contributed by atoms with E-state index in [9.17, 15) is 9.59 Å². The third-order valence-electron chi connectivity index (χ3n) is 2.76. The Labute approximate surface area is 159 Å². The lowest BCUT2D eigenvalue weighted by molar-refractivity contribution is -0.114. The van der Waals surface area contributed by atoms with Crippen molar-refractivity contribution in [3.63, 3.8) is 0 Å². The second-order valence-corrected chi connectivity index (χ2v) is 6.70. The smallest absolute Gasteiger partial charge is 0.412 e.